The Morgan fingerprint density at radius 1 is 1.75 bits per heavy atom. The second-order valence-electron chi connectivity index (χ2n) is 3.20. The molecule has 1 rings (SSSR count). The van der Waals surface area contributed by atoms with Crippen LogP contribution in [0.2, 0.25) is 0 Å². The molecule has 0 aromatic carbocycles. The summed E-state index contributed by atoms with van der Waals surface area (Å²) in [6, 6.07) is 0.469. The number of hydrogen-bond donors (Lipinski definition) is 2. The van der Waals surface area contributed by atoms with Crippen molar-refractivity contribution in [3.8, 4) is 0 Å². The molecule has 0 spiro atoms. The molecule has 0 aromatic rings. The Hall–Kier alpha value is -0.610. The average Bonchev–Trinajstić information content (AvgIpc) is 2.09. The number of nitrogens with one attached hydrogen (secondary N) is 2. The van der Waals surface area contributed by atoms with Crippen LogP contribution in [-0.4, -0.2) is 50.1 Å². The van der Waals surface area contributed by atoms with Gasteiger partial charge in [-0.05, 0) is 6.92 Å². The molecule has 0 bridgehead atoms. The Morgan fingerprint density at radius 3 is 3.08 bits per heavy atom. The molecule has 2 N–H and O–H groups in total. The molecule has 0 aliphatic carbocycles. The standard InChI is InChI=1S/C8H17N3O/c1-7-5-10-3-4-11(7)6-8(12)9-2/h7,10H,3-6H2,1-2H3,(H,9,12). The zero-order chi connectivity index (χ0) is 8.97. The van der Waals surface area contributed by atoms with E-state index in [1.165, 1.54) is 0 Å². The van der Waals surface area contributed by atoms with Gasteiger partial charge in [0.05, 0.1) is 6.54 Å². The van der Waals surface area contributed by atoms with Crippen molar-refractivity contribution < 1.29 is 4.79 Å². The lowest BCUT2D eigenvalue weighted by Gasteiger charge is -2.32. The summed E-state index contributed by atoms with van der Waals surface area (Å²) < 4.78 is 0. The molecule has 1 amide bonds. The maximum atomic E-state index is 11.1. The molecule has 0 saturated carbocycles. The summed E-state index contributed by atoms with van der Waals surface area (Å²) >= 11 is 0. The van der Waals surface area contributed by atoms with Gasteiger partial charge < -0.3 is 10.6 Å². The third-order valence-electron chi connectivity index (χ3n) is 2.26. The number of carbonyl (C=O) groups is 1. The molecule has 70 valence electrons. The van der Waals surface area contributed by atoms with Crippen molar-refractivity contribution in [3.05, 3.63) is 0 Å². The molecular weight excluding hydrogens is 154 g/mol. The van der Waals surface area contributed by atoms with E-state index in [4.69, 9.17) is 0 Å². The number of hydrogen-bond acceptors (Lipinski definition) is 3. The third kappa shape index (κ3) is 2.46. The number of likely N-dealkylation sites (N-methyl/N-ethyl adjacent to an activating group) is 1. The van der Waals surface area contributed by atoms with Crippen LogP contribution < -0.4 is 10.6 Å². The predicted octanol–water partition coefficient (Wildman–Crippen LogP) is -0.974. The van der Waals surface area contributed by atoms with E-state index in [1.807, 2.05) is 0 Å². The first-order valence-corrected chi connectivity index (χ1v) is 4.39. The lowest BCUT2D eigenvalue weighted by Crippen LogP contribution is -2.52. The van der Waals surface area contributed by atoms with Crippen LogP contribution in [0.5, 0.6) is 0 Å². The minimum Gasteiger partial charge on any atom is -0.358 e. The third-order valence-corrected chi connectivity index (χ3v) is 2.26. The van der Waals surface area contributed by atoms with Gasteiger partial charge in [0.1, 0.15) is 0 Å². The fourth-order valence-corrected chi connectivity index (χ4v) is 1.38. The second-order valence-corrected chi connectivity index (χ2v) is 3.20. The first kappa shape index (κ1) is 9.48. The van der Waals surface area contributed by atoms with Gasteiger partial charge in [0.15, 0.2) is 0 Å². The number of nitrogens with zero attached hydrogens (tertiary/aromatic N) is 1. The van der Waals surface area contributed by atoms with E-state index in [1.54, 1.807) is 7.05 Å². The quantitative estimate of drug-likeness (QED) is 0.561. The SMILES string of the molecule is CNC(=O)CN1CCNCC1C. The molecule has 12 heavy (non-hydrogen) atoms. The van der Waals surface area contributed by atoms with Gasteiger partial charge in [-0.2, -0.15) is 0 Å². The summed E-state index contributed by atoms with van der Waals surface area (Å²) in [5.41, 5.74) is 0. The van der Waals surface area contributed by atoms with Crippen LogP contribution in [0.15, 0.2) is 0 Å². The van der Waals surface area contributed by atoms with Gasteiger partial charge in [-0.25, -0.2) is 0 Å². The molecule has 0 aromatic heterocycles. The second kappa shape index (κ2) is 4.42. The molecule has 0 radical (unpaired) electrons. The van der Waals surface area contributed by atoms with E-state index in [0.29, 0.717) is 12.6 Å². The zero-order valence-electron chi connectivity index (χ0n) is 7.76. The highest BCUT2D eigenvalue weighted by molar-refractivity contribution is 5.77. The van der Waals surface area contributed by atoms with Crippen LogP contribution in [0.3, 0.4) is 0 Å². The Morgan fingerprint density at radius 2 is 2.50 bits per heavy atom. The molecule has 1 aliphatic rings. The van der Waals surface area contributed by atoms with Crippen molar-refractivity contribution in [1.82, 2.24) is 15.5 Å². The van der Waals surface area contributed by atoms with Crippen molar-refractivity contribution in [3.63, 3.8) is 0 Å². The Bertz CT molecular complexity index is 160. The van der Waals surface area contributed by atoms with Gasteiger partial charge in [0, 0.05) is 32.7 Å². The van der Waals surface area contributed by atoms with Crippen LogP contribution in [-0.2, 0) is 4.79 Å². The smallest absolute Gasteiger partial charge is 0.233 e. The number of amides is 1. The number of rotatable bonds is 2. The van der Waals surface area contributed by atoms with Gasteiger partial charge in [-0.1, -0.05) is 0 Å². The van der Waals surface area contributed by atoms with Gasteiger partial charge in [0.2, 0.25) is 5.91 Å². The van der Waals surface area contributed by atoms with Gasteiger partial charge >= 0.3 is 0 Å². The van der Waals surface area contributed by atoms with Crippen molar-refractivity contribution >= 4 is 5.91 Å². The maximum Gasteiger partial charge on any atom is 0.233 e. The van der Waals surface area contributed by atoms with E-state index in [-0.39, 0.29) is 5.91 Å². The van der Waals surface area contributed by atoms with E-state index < -0.39 is 0 Å². The number of piperazine rings is 1. The fourth-order valence-electron chi connectivity index (χ4n) is 1.38. The number of carbonyl (C=O) groups excluding carboxylic acids is 1. The lowest BCUT2D eigenvalue weighted by molar-refractivity contribution is -0.122. The van der Waals surface area contributed by atoms with Gasteiger partial charge in [-0.15, -0.1) is 0 Å². The van der Waals surface area contributed by atoms with Crippen molar-refractivity contribution in [1.29, 1.82) is 0 Å². The fraction of sp³-hybridized carbons (Fsp3) is 0.875. The molecule has 1 atom stereocenters. The summed E-state index contributed by atoms with van der Waals surface area (Å²) in [5.74, 6) is 0.101. The van der Waals surface area contributed by atoms with E-state index in [9.17, 15) is 4.79 Å². The maximum absolute atomic E-state index is 11.1. The molecule has 1 aliphatic heterocycles. The van der Waals surface area contributed by atoms with Crippen LogP contribution in [0.1, 0.15) is 6.92 Å². The monoisotopic (exact) mass is 171 g/mol. The molecule has 1 heterocycles. The Balaban J connectivity index is 2.33. The predicted molar refractivity (Wildman–Crippen MR) is 48.0 cm³/mol. The van der Waals surface area contributed by atoms with Crippen LogP contribution >= 0.6 is 0 Å². The zero-order valence-corrected chi connectivity index (χ0v) is 7.76. The van der Waals surface area contributed by atoms with Crippen molar-refractivity contribution in [2.45, 2.75) is 13.0 Å². The van der Waals surface area contributed by atoms with Crippen LogP contribution in [0.25, 0.3) is 0 Å². The lowest BCUT2D eigenvalue weighted by atomic mass is 10.2. The van der Waals surface area contributed by atoms with Crippen molar-refractivity contribution in [2.24, 2.45) is 0 Å². The molecule has 4 nitrogen and oxygen atoms in total. The van der Waals surface area contributed by atoms with E-state index in [0.717, 1.165) is 19.6 Å². The summed E-state index contributed by atoms with van der Waals surface area (Å²) in [6.45, 7) is 5.60. The molecular formula is C8H17N3O. The normalized spacial score (nSPS) is 25.3. The summed E-state index contributed by atoms with van der Waals surface area (Å²) in [5, 5.41) is 5.91. The Labute approximate surface area is 73.3 Å². The highest BCUT2D eigenvalue weighted by Crippen LogP contribution is 2.00. The first-order valence-electron chi connectivity index (χ1n) is 4.39. The molecule has 1 fully saturated rings. The highest BCUT2D eigenvalue weighted by Gasteiger charge is 2.19. The minimum absolute atomic E-state index is 0.101. The topological polar surface area (TPSA) is 44.4 Å². The minimum atomic E-state index is 0.101. The average molecular weight is 171 g/mol. The van der Waals surface area contributed by atoms with Crippen molar-refractivity contribution in [2.75, 3.05) is 33.2 Å². The Kier molecular flexibility index (Phi) is 3.49. The van der Waals surface area contributed by atoms with E-state index >= 15 is 0 Å². The molecule has 4 heteroatoms. The first-order chi connectivity index (χ1) is 5.74. The van der Waals surface area contributed by atoms with Crippen LogP contribution in [0.4, 0.5) is 0 Å². The van der Waals surface area contributed by atoms with Gasteiger partial charge in [-0.3, -0.25) is 9.69 Å². The largest absolute Gasteiger partial charge is 0.358 e. The summed E-state index contributed by atoms with van der Waals surface area (Å²) in [7, 11) is 1.68. The molecule has 1 saturated heterocycles. The summed E-state index contributed by atoms with van der Waals surface area (Å²) in [4.78, 5) is 13.2. The van der Waals surface area contributed by atoms with Crippen LogP contribution in [0, 0.1) is 0 Å². The summed E-state index contributed by atoms with van der Waals surface area (Å²) in [6.07, 6.45) is 0. The van der Waals surface area contributed by atoms with E-state index in [2.05, 4.69) is 22.5 Å². The van der Waals surface area contributed by atoms with Gasteiger partial charge in [0.25, 0.3) is 0 Å². The highest BCUT2D eigenvalue weighted by atomic mass is 16.1. The molecule has 1 unspecified atom stereocenters.